The van der Waals surface area contributed by atoms with Gasteiger partial charge in [-0.1, -0.05) is 89.3 Å². The summed E-state index contributed by atoms with van der Waals surface area (Å²) in [7, 11) is 0. The van der Waals surface area contributed by atoms with Gasteiger partial charge in [-0.2, -0.15) is 0 Å². The van der Waals surface area contributed by atoms with Crippen molar-refractivity contribution in [3.8, 4) is 11.1 Å². The van der Waals surface area contributed by atoms with Gasteiger partial charge in [-0.25, -0.2) is 0 Å². The van der Waals surface area contributed by atoms with E-state index in [1.54, 1.807) is 0 Å². The molecule has 0 radical (unpaired) electrons. The Balaban J connectivity index is 1.35. The van der Waals surface area contributed by atoms with Crippen molar-refractivity contribution in [1.29, 1.82) is 0 Å². The maximum atomic E-state index is 12.5. The molecule has 0 spiro atoms. The first-order valence-electron chi connectivity index (χ1n) is 9.42. The molecule has 3 aromatic carbocycles. The summed E-state index contributed by atoms with van der Waals surface area (Å²) in [5.74, 6) is 0.189. The van der Waals surface area contributed by atoms with Crippen molar-refractivity contribution >= 4 is 45.5 Å². The Bertz CT molecular complexity index is 1130. The van der Waals surface area contributed by atoms with Gasteiger partial charge in [0.05, 0.1) is 5.75 Å². The molecule has 1 amide bonds. The Morgan fingerprint density at radius 2 is 1.67 bits per heavy atom. The lowest BCUT2D eigenvalue weighted by Gasteiger charge is -2.10. The third kappa shape index (κ3) is 5.25. The number of anilines is 3. The smallest absolute Gasteiger partial charge is 0.234 e. The standard InChI is InChI=1S/C23H20N4OS2/c1-16-11-13-18(14-12-16)24-22-26-27-23(30-22)29-15-21(28)25-20-10-6-5-9-19(20)17-7-3-2-4-8-17/h2-14H,15H2,1H3,(H,24,26)(H,25,28). The van der Waals surface area contributed by atoms with Gasteiger partial charge in [0, 0.05) is 16.9 Å². The molecule has 4 aromatic rings. The molecule has 7 heteroatoms. The van der Waals surface area contributed by atoms with Crippen LogP contribution in [-0.4, -0.2) is 21.9 Å². The first kappa shape index (κ1) is 20.1. The zero-order chi connectivity index (χ0) is 20.8. The van der Waals surface area contributed by atoms with Gasteiger partial charge in [0.1, 0.15) is 0 Å². The third-order valence-electron chi connectivity index (χ3n) is 4.32. The Kier molecular flexibility index (Phi) is 6.41. The van der Waals surface area contributed by atoms with E-state index in [1.807, 2.05) is 85.8 Å². The highest BCUT2D eigenvalue weighted by Gasteiger charge is 2.11. The van der Waals surface area contributed by atoms with Gasteiger partial charge in [-0.05, 0) is 30.7 Å². The Hall–Kier alpha value is -3.16. The topological polar surface area (TPSA) is 66.9 Å². The van der Waals surface area contributed by atoms with Crippen LogP contribution in [0.3, 0.4) is 0 Å². The largest absolute Gasteiger partial charge is 0.330 e. The van der Waals surface area contributed by atoms with Crippen molar-refractivity contribution in [3.05, 3.63) is 84.4 Å². The van der Waals surface area contributed by atoms with E-state index in [4.69, 9.17) is 0 Å². The number of carbonyl (C=O) groups excluding carboxylic acids is 1. The van der Waals surface area contributed by atoms with E-state index >= 15 is 0 Å². The van der Waals surface area contributed by atoms with Crippen LogP contribution in [0.2, 0.25) is 0 Å². The number of amides is 1. The Morgan fingerprint density at radius 3 is 2.47 bits per heavy atom. The van der Waals surface area contributed by atoms with Crippen molar-refractivity contribution in [2.45, 2.75) is 11.3 Å². The molecule has 2 N–H and O–H groups in total. The molecule has 5 nitrogen and oxygen atoms in total. The molecule has 0 aliphatic rings. The number of nitrogens with one attached hydrogen (secondary N) is 2. The molecule has 0 saturated heterocycles. The van der Waals surface area contributed by atoms with Crippen LogP contribution < -0.4 is 10.6 Å². The lowest BCUT2D eigenvalue weighted by atomic mass is 10.0. The number of hydrogen-bond acceptors (Lipinski definition) is 6. The molecular formula is C23H20N4OS2. The normalized spacial score (nSPS) is 10.6. The molecule has 30 heavy (non-hydrogen) atoms. The molecule has 150 valence electrons. The van der Waals surface area contributed by atoms with Crippen LogP contribution in [0.5, 0.6) is 0 Å². The summed E-state index contributed by atoms with van der Waals surface area (Å²) < 4.78 is 0.746. The first-order chi connectivity index (χ1) is 14.7. The summed E-state index contributed by atoms with van der Waals surface area (Å²) >= 11 is 2.81. The predicted octanol–water partition coefficient (Wildman–Crippen LogP) is 5.99. The van der Waals surface area contributed by atoms with Crippen LogP contribution in [-0.2, 0) is 4.79 Å². The highest BCUT2D eigenvalue weighted by atomic mass is 32.2. The Morgan fingerprint density at radius 1 is 0.933 bits per heavy atom. The van der Waals surface area contributed by atoms with Gasteiger partial charge >= 0.3 is 0 Å². The van der Waals surface area contributed by atoms with Gasteiger partial charge < -0.3 is 10.6 Å². The molecule has 4 rings (SSSR count). The quantitative estimate of drug-likeness (QED) is 0.351. The number of rotatable bonds is 7. The average Bonchev–Trinajstić information content (AvgIpc) is 3.22. The summed E-state index contributed by atoms with van der Waals surface area (Å²) in [5, 5.41) is 15.3. The van der Waals surface area contributed by atoms with Crippen LogP contribution >= 0.6 is 23.1 Å². The average molecular weight is 433 g/mol. The lowest BCUT2D eigenvalue weighted by molar-refractivity contribution is -0.113. The molecule has 0 unspecified atom stereocenters. The summed E-state index contributed by atoms with van der Waals surface area (Å²) in [4.78, 5) is 12.5. The Labute approximate surface area is 183 Å². The van der Waals surface area contributed by atoms with Gasteiger partial charge in [0.15, 0.2) is 4.34 Å². The molecule has 1 heterocycles. The molecule has 0 fully saturated rings. The maximum absolute atomic E-state index is 12.5. The molecule has 0 atom stereocenters. The molecule has 1 aromatic heterocycles. The second-order valence-corrected chi connectivity index (χ2v) is 8.81. The van der Waals surface area contributed by atoms with Crippen molar-refractivity contribution in [2.75, 3.05) is 16.4 Å². The zero-order valence-electron chi connectivity index (χ0n) is 16.3. The van der Waals surface area contributed by atoms with Crippen molar-refractivity contribution in [3.63, 3.8) is 0 Å². The van der Waals surface area contributed by atoms with Gasteiger partial charge in [0.2, 0.25) is 11.0 Å². The second kappa shape index (κ2) is 9.56. The number of thioether (sulfide) groups is 1. The maximum Gasteiger partial charge on any atom is 0.234 e. The number of aromatic nitrogens is 2. The molecule has 0 saturated carbocycles. The lowest BCUT2D eigenvalue weighted by Crippen LogP contribution is -2.14. The number of carbonyl (C=O) groups is 1. The molecule has 0 bridgehead atoms. The number of benzene rings is 3. The minimum Gasteiger partial charge on any atom is -0.330 e. The number of nitrogens with zero attached hydrogens (tertiary/aromatic N) is 2. The van der Waals surface area contributed by atoms with Crippen molar-refractivity contribution < 1.29 is 4.79 Å². The van der Waals surface area contributed by atoms with Gasteiger partial charge in [-0.15, -0.1) is 10.2 Å². The van der Waals surface area contributed by atoms with Crippen LogP contribution in [0, 0.1) is 6.92 Å². The van der Waals surface area contributed by atoms with E-state index in [0.29, 0.717) is 5.13 Å². The van der Waals surface area contributed by atoms with Crippen LogP contribution in [0.15, 0.2) is 83.2 Å². The summed E-state index contributed by atoms with van der Waals surface area (Å²) in [6.45, 7) is 2.05. The van der Waals surface area contributed by atoms with E-state index in [-0.39, 0.29) is 11.7 Å². The van der Waals surface area contributed by atoms with E-state index in [0.717, 1.165) is 26.8 Å². The number of hydrogen-bond donors (Lipinski definition) is 2. The predicted molar refractivity (Wildman–Crippen MR) is 126 cm³/mol. The van der Waals surface area contributed by atoms with E-state index in [1.165, 1.54) is 28.7 Å². The fourth-order valence-corrected chi connectivity index (χ4v) is 4.43. The summed E-state index contributed by atoms with van der Waals surface area (Å²) in [5.41, 5.74) is 5.03. The van der Waals surface area contributed by atoms with Gasteiger partial charge in [0.25, 0.3) is 0 Å². The third-order valence-corrected chi connectivity index (χ3v) is 6.29. The van der Waals surface area contributed by atoms with E-state index < -0.39 is 0 Å². The molecule has 0 aliphatic heterocycles. The number of para-hydroxylation sites is 1. The van der Waals surface area contributed by atoms with Crippen LogP contribution in [0.1, 0.15) is 5.56 Å². The minimum absolute atomic E-state index is 0.0772. The van der Waals surface area contributed by atoms with Crippen molar-refractivity contribution in [1.82, 2.24) is 10.2 Å². The first-order valence-corrected chi connectivity index (χ1v) is 11.2. The molecular weight excluding hydrogens is 412 g/mol. The van der Waals surface area contributed by atoms with Crippen molar-refractivity contribution in [2.24, 2.45) is 0 Å². The SMILES string of the molecule is Cc1ccc(Nc2nnc(SCC(=O)Nc3ccccc3-c3ccccc3)s2)cc1. The summed E-state index contributed by atoms with van der Waals surface area (Å²) in [6.07, 6.45) is 0. The summed E-state index contributed by atoms with van der Waals surface area (Å²) in [6, 6.07) is 25.9. The van der Waals surface area contributed by atoms with Crippen LogP contribution in [0.25, 0.3) is 11.1 Å². The van der Waals surface area contributed by atoms with E-state index in [2.05, 4.69) is 20.8 Å². The molecule has 0 aliphatic carbocycles. The fourth-order valence-electron chi connectivity index (χ4n) is 2.85. The fraction of sp³-hybridized carbons (Fsp3) is 0.0870. The van der Waals surface area contributed by atoms with Crippen LogP contribution in [0.4, 0.5) is 16.5 Å². The highest BCUT2D eigenvalue weighted by molar-refractivity contribution is 8.01. The van der Waals surface area contributed by atoms with Gasteiger partial charge in [-0.3, -0.25) is 4.79 Å². The van der Waals surface area contributed by atoms with E-state index in [9.17, 15) is 4.79 Å². The second-order valence-electron chi connectivity index (χ2n) is 6.61. The zero-order valence-corrected chi connectivity index (χ0v) is 18.0. The highest BCUT2D eigenvalue weighted by Crippen LogP contribution is 2.30. The number of aryl methyl sites for hydroxylation is 1. The monoisotopic (exact) mass is 432 g/mol. The minimum atomic E-state index is -0.0772.